The van der Waals surface area contributed by atoms with E-state index in [0.29, 0.717) is 43.7 Å². The van der Waals surface area contributed by atoms with Crippen molar-refractivity contribution in [2.24, 2.45) is 17.3 Å². The van der Waals surface area contributed by atoms with Crippen LogP contribution in [0.4, 0.5) is 20.3 Å². The van der Waals surface area contributed by atoms with Gasteiger partial charge < -0.3 is 14.8 Å². The summed E-state index contributed by atoms with van der Waals surface area (Å²) in [7, 11) is 1.79. The molecule has 0 spiro atoms. The van der Waals surface area contributed by atoms with Crippen molar-refractivity contribution < 1.29 is 23.2 Å². The Hall–Kier alpha value is -4.61. The van der Waals surface area contributed by atoms with Gasteiger partial charge in [-0.15, -0.1) is 0 Å². The van der Waals surface area contributed by atoms with Gasteiger partial charge in [-0.3, -0.25) is 24.8 Å². The summed E-state index contributed by atoms with van der Waals surface area (Å²) in [6.45, 7) is 3.33. The molecule has 244 valence electrons. The highest BCUT2D eigenvalue weighted by Gasteiger charge is 2.78. The number of anilines is 2. The highest BCUT2D eigenvalue weighted by atomic mass is 19.3. The Bertz CT molecular complexity index is 1920. The summed E-state index contributed by atoms with van der Waals surface area (Å²) < 4.78 is 28.9. The number of nitrogens with one attached hydrogen (secondary N) is 3. The molecule has 4 aliphatic rings. The molecule has 5 heterocycles. The maximum atomic E-state index is 14.4. The van der Waals surface area contributed by atoms with Crippen molar-refractivity contribution in [3.63, 3.8) is 0 Å². The van der Waals surface area contributed by atoms with Gasteiger partial charge in [-0.05, 0) is 61.4 Å². The van der Waals surface area contributed by atoms with Gasteiger partial charge in [0, 0.05) is 84.8 Å². The lowest BCUT2D eigenvalue weighted by molar-refractivity contribution is -0.134. The summed E-state index contributed by atoms with van der Waals surface area (Å²) in [4.78, 5) is 48.9. The minimum atomic E-state index is -2.64. The van der Waals surface area contributed by atoms with Crippen LogP contribution in [0.2, 0.25) is 0 Å². The predicted molar refractivity (Wildman–Crippen MR) is 172 cm³/mol. The van der Waals surface area contributed by atoms with Crippen LogP contribution >= 0.6 is 0 Å². The van der Waals surface area contributed by atoms with Crippen LogP contribution in [0, 0.1) is 17.3 Å². The van der Waals surface area contributed by atoms with E-state index in [1.807, 2.05) is 36.4 Å². The molecule has 3 N–H and O–H groups in total. The number of amides is 3. The second-order valence-corrected chi connectivity index (χ2v) is 14.0. The van der Waals surface area contributed by atoms with Gasteiger partial charge in [0.2, 0.25) is 17.7 Å². The number of benzene rings is 1. The van der Waals surface area contributed by atoms with Gasteiger partial charge in [0.15, 0.2) is 0 Å². The van der Waals surface area contributed by atoms with Crippen LogP contribution in [0.5, 0.6) is 0 Å². The Kier molecular flexibility index (Phi) is 6.79. The Morgan fingerprint density at radius 3 is 2.79 bits per heavy atom. The molecule has 4 aromatic rings. The molecule has 4 atom stereocenters. The minimum Gasteiger partial charge on any atom is -0.356 e. The van der Waals surface area contributed by atoms with Crippen LogP contribution in [0.3, 0.4) is 0 Å². The Morgan fingerprint density at radius 2 is 2.00 bits per heavy atom. The Morgan fingerprint density at radius 1 is 1.15 bits per heavy atom. The van der Waals surface area contributed by atoms with E-state index in [0.717, 1.165) is 70.9 Å². The topological polar surface area (TPSA) is 127 Å². The van der Waals surface area contributed by atoms with Gasteiger partial charge in [-0.25, -0.2) is 13.8 Å². The van der Waals surface area contributed by atoms with E-state index in [1.54, 1.807) is 25.1 Å². The van der Waals surface area contributed by atoms with Crippen molar-refractivity contribution in [2.75, 3.05) is 29.9 Å². The largest absolute Gasteiger partial charge is 0.356 e. The first-order chi connectivity index (χ1) is 22.5. The summed E-state index contributed by atoms with van der Waals surface area (Å²) in [5.41, 5.74) is 4.61. The van der Waals surface area contributed by atoms with E-state index in [-0.39, 0.29) is 23.6 Å². The number of aromatic nitrogens is 4. The molecule has 3 amide bonds. The second kappa shape index (κ2) is 10.7. The maximum absolute atomic E-state index is 14.4. The van der Waals surface area contributed by atoms with Crippen molar-refractivity contribution >= 4 is 40.1 Å². The molecule has 8 rings (SSSR count). The molecule has 2 unspecified atom stereocenters. The SMILES string of the molecule is CN(C(=O)CCC1CCN(c2ccc(C3CCC(=O)NC3=O)cn2)C1)c1ccc2cc(-c3n[nH]c4c3C[C@@H]3C(F)(F)[C@]3(C)C4)[nH]c2c1. The molecule has 1 saturated carbocycles. The number of carbonyl (C=O) groups excluding carboxylic acids is 3. The number of halogens is 2. The number of hydrogen-bond donors (Lipinski definition) is 3. The molecule has 2 aliphatic heterocycles. The molecule has 12 heteroatoms. The van der Waals surface area contributed by atoms with Crippen LogP contribution in [0.25, 0.3) is 22.3 Å². The van der Waals surface area contributed by atoms with Crippen molar-refractivity contribution in [1.29, 1.82) is 0 Å². The minimum absolute atomic E-state index is 0.0380. The number of imide groups is 1. The molecular formula is C35H37F2N7O3. The average molecular weight is 642 g/mol. The van der Waals surface area contributed by atoms with E-state index in [1.165, 1.54) is 0 Å². The van der Waals surface area contributed by atoms with Gasteiger partial charge in [0.05, 0.1) is 11.6 Å². The second-order valence-electron chi connectivity index (χ2n) is 14.0. The number of carbonyl (C=O) groups is 3. The third-order valence-electron chi connectivity index (χ3n) is 11.2. The van der Waals surface area contributed by atoms with Crippen molar-refractivity contribution in [3.8, 4) is 11.4 Å². The average Bonchev–Trinajstić information content (AvgIpc) is 3.65. The first-order valence-electron chi connectivity index (χ1n) is 16.4. The van der Waals surface area contributed by atoms with Gasteiger partial charge in [0.1, 0.15) is 11.5 Å². The van der Waals surface area contributed by atoms with E-state index < -0.39 is 17.3 Å². The first-order valence-corrected chi connectivity index (χ1v) is 16.4. The molecule has 2 saturated heterocycles. The fraction of sp³-hybridized carbons (Fsp3) is 0.457. The fourth-order valence-electron chi connectivity index (χ4n) is 8.00. The number of hydrogen-bond acceptors (Lipinski definition) is 6. The predicted octanol–water partition coefficient (Wildman–Crippen LogP) is 5.11. The monoisotopic (exact) mass is 641 g/mol. The molecule has 3 fully saturated rings. The summed E-state index contributed by atoms with van der Waals surface area (Å²) in [6, 6.07) is 11.7. The van der Waals surface area contributed by atoms with Gasteiger partial charge in [-0.2, -0.15) is 5.10 Å². The van der Waals surface area contributed by atoms with Crippen LogP contribution in [-0.2, 0) is 27.2 Å². The smallest absolute Gasteiger partial charge is 0.258 e. The molecule has 3 aromatic heterocycles. The van der Waals surface area contributed by atoms with E-state index in [9.17, 15) is 23.2 Å². The standard InChI is InChI=1S/C35H37F2N7O3/c1-34-16-27-24(15-28(34)35(34,36)37)32(42-41-27)26-13-20-4-6-22(14-25(20)39-26)43(2)31(46)10-3-19-11-12-44(18-19)29-8-5-21(17-38-29)23-7-9-30(45)40-33(23)47/h4-6,8,13-14,17,19,23,28,39H,3,7,9-12,15-16,18H2,1-2H3,(H,41,42)(H,40,45,47)/t19?,23?,28-,34+/m0/s1. The van der Waals surface area contributed by atoms with Crippen LogP contribution in [0.15, 0.2) is 42.6 Å². The Balaban J connectivity index is 0.876. The number of fused-ring (bicyclic) bond motifs is 3. The van der Waals surface area contributed by atoms with Crippen molar-refractivity contribution in [2.45, 2.75) is 63.7 Å². The molecule has 47 heavy (non-hydrogen) atoms. The highest BCUT2D eigenvalue weighted by Crippen LogP contribution is 2.70. The summed E-state index contributed by atoms with van der Waals surface area (Å²) >= 11 is 0. The molecule has 0 bridgehead atoms. The highest BCUT2D eigenvalue weighted by molar-refractivity contribution is 6.01. The zero-order valence-electron chi connectivity index (χ0n) is 26.4. The number of aromatic amines is 2. The number of alkyl halides is 2. The zero-order valence-corrected chi connectivity index (χ0v) is 26.4. The zero-order chi connectivity index (χ0) is 32.7. The number of rotatable bonds is 7. The molecule has 0 radical (unpaired) electrons. The van der Waals surface area contributed by atoms with E-state index in [2.05, 4.69) is 30.4 Å². The lowest BCUT2D eigenvalue weighted by Gasteiger charge is -2.22. The first kappa shape index (κ1) is 29.8. The van der Waals surface area contributed by atoms with E-state index >= 15 is 0 Å². The lowest BCUT2D eigenvalue weighted by Crippen LogP contribution is -2.39. The normalized spacial score (nSPS) is 26.2. The van der Waals surface area contributed by atoms with Crippen LogP contribution in [-0.4, -0.2) is 63.9 Å². The van der Waals surface area contributed by atoms with Crippen LogP contribution in [0.1, 0.15) is 61.8 Å². The Labute approximate surface area is 270 Å². The van der Waals surface area contributed by atoms with Gasteiger partial charge in [-0.1, -0.05) is 19.1 Å². The summed E-state index contributed by atoms with van der Waals surface area (Å²) in [6.07, 6.45) is 5.35. The molecule has 2 aliphatic carbocycles. The van der Waals surface area contributed by atoms with Gasteiger partial charge in [0.25, 0.3) is 5.92 Å². The molecule has 10 nitrogen and oxygen atoms in total. The summed E-state index contributed by atoms with van der Waals surface area (Å²) in [5.74, 6) is -2.87. The number of nitrogens with zero attached hydrogens (tertiary/aromatic N) is 4. The third-order valence-corrected chi connectivity index (χ3v) is 11.2. The molecule has 1 aromatic carbocycles. The van der Waals surface area contributed by atoms with E-state index in [4.69, 9.17) is 0 Å². The van der Waals surface area contributed by atoms with Crippen LogP contribution < -0.4 is 15.1 Å². The number of H-pyrrole nitrogens is 2. The number of piperidine rings is 1. The fourth-order valence-corrected chi connectivity index (χ4v) is 8.00. The van der Waals surface area contributed by atoms with Crippen molar-refractivity contribution in [1.82, 2.24) is 25.5 Å². The summed E-state index contributed by atoms with van der Waals surface area (Å²) in [5, 5.41) is 10.9. The third kappa shape index (κ3) is 4.91. The maximum Gasteiger partial charge on any atom is 0.258 e. The quantitative estimate of drug-likeness (QED) is 0.241. The van der Waals surface area contributed by atoms with Gasteiger partial charge >= 0.3 is 0 Å². The van der Waals surface area contributed by atoms with Crippen molar-refractivity contribution in [3.05, 3.63) is 59.4 Å². The number of pyridine rings is 1. The lowest BCUT2D eigenvalue weighted by atomic mass is 9.87. The molecular weight excluding hydrogens is 604 g/mol.